The van der Waals surface area contributed by atoms with Crippen LogP contribution in [0.1, 0.15) is 29.9 Å². The molecule has 5 rings (SSSR count). The summed E-state index contributed by atoms with van der Waals surface area (Å²) < 4.78 is 11.5. The molecule has 2 aromatic carbocycles. The summed E-state index contributed by atoms with van der Waals surface area (Å²) in [5.74, 6) is -0.230. The fourth-order valence-corrected chi connectivity index (χ4v) is 5.07. The van der Waals surface area contributed by atoms with Crippen LogP contribution < -0.4 is 0 Å². The Kier molecular flexibility index (Phi) is 8.17. The first-order chi connectivity index (χ1) is 16.0. The number of cyclic esters (lactones) is 1. The molecule has 2 unspecified atom stereocenters. The van der Waals surface area contributed by atoms with Crippen LogP contribution in [-0.2, 0) is 14.3 Å². The predicted octanol–water partition coefficient (Wildman–Crippen LogP) is 4.62. The Labute approximate surface area is 204 Å². The molecule has 0 aliphatic carbocycles. The SMILES string of the molecule is Cc1ccccc1.O=C1OCCN1C(=O)C1CN(C2CCOCC2)CC1c1ccc(Br)cc1. The van der Waals surface area contributed by atoms with Crippen molar-refractivity contribution in [1.82, 2.24) is 9.80 Å². The highest BCUT2D eigenvalue weighted by Gasteiger charge is 2.45. The zero-order valence-corrected chi connectivity index (χ0v) is 20.6. The van der Waals surface area contributed by atoms with Gasteiger partial charge < -0.3 is 9.47 Å². The first-order valence-corrected chi connectivity index (χ1v) is 12.4. The van der Waals surface area contributed by atoms with Crippen molar-refractivity contribution >= 4 is 27.9 Å². The van der Waals surface area contributed by atoms with Gasteiger partial charge in [-0.1, -0.05) is 64.0 Å². The van der Waals surface area contributed by atoms with E-state index in [1.165, 1.54) is 10.5 Å². The van der Waals surface area contributed by atoms with Crippen molar-refractivity contribution in [3.05, 3.63) is 70.2 Å². The Morgan fingerprint density at radius 3 is 2.24 bits per heavy atom. The average Bonchev–Trinajstić information content (AvgIpc) is 3.48. The second kappa shape index (κ2) is 11.3. The van der Waals surface area contributed by atoms with Crippen LogP contribution in [0.5, 0.6) is 0 Å². The monoisotopic (exact) mass is 514 g/mol. The Balaban J connectivity index is 0.000000318. The van der Waals surface area contributed by atoms with E-state index in [2.05, 4.69) is 52.0 Å². The molecule has 3 aliphatic heterocycles. The third kappa shape index (κ3) is 6.02. The van der Waals surface area contributed by atoms with Gasteiger partial charge in [-0.15, -0.1) is 0 Å². The second-order valence-corrected chi connectivity index (χ2v) is 9.74. The van der Waals surface area contributed by atoms with Crippen LogP contribution >= 0.6 is 15.9 Å². The van der Waals surface area contributed by atoms with Crippen molar-refractivity contribution in [1.29, 1.82) is 0 Å². The molecule has 0 bridgehead atoms. The standard InChI is InChI=1S/C19H23BrN2O4.C7H8/c20-14-3-1-13(2-4-14)16-11-21(15-5-8-25-9-6-15)12-17(16)18(23)22-7-10-26-19(22)24;1-7-5-3-2-4-6-7/h1-4,15-17H,5-12H2;2-6H,1H3. The Hall–Kier alpha value is -2.22. The number of benzene rings is 2. The maximum Gasteiger partial charge on any atom is 0.416 e. The number of nitrogens with zero attached hydrogens (tertiary/aromatic N) is 2. The van der Waals surface area contributed by atoms with E-state index in [0.717, 1.165) is 42.6 Å². The van der Waals surface area contributed by atoms with Crippen molar-refractivity contribution in [2.75, 3.05) is 39.5 Å². The number of carbonyl (C=O) groups is 2. The first-order valence-electron chi connectivity index (χ1n) is 11.6. The van der Waals surface area contributed by atoms with Gasteiger partial charge in [0, 0.05) is 42.7 Å². The van der Waals surface area contributed by atoms with Crippen molar-refractivity contribution in [3.63, 3.8) is 0 Å². The third-order valence-electron chi connectivity index (χ3n) is 6.64. The summed E-state index contributed by atoms with van der Waals surface area (Å²) in [6, 6.07) is 18.9. The van der Waals surface area contributed by atoms with Gasteiger partial charge in [0.15, 0.2) is 0 Å². The molecule has 176 valence electrons. The molecular formula is C26H31BrN2O4. The van der Waals surface area contributed by atoms with Crippen LogP contribution in [0.4, 0.5) is 4.79 Å². The molecule has 7 heteroatoms. The van der Waals surface area contributed by atoms with Crippen molar-refractivity contribution < 1.29 is 19.1 Å². The number of likely N-dealkylation sites (tertiary alicyclic amines) is 1. The molecule has 3 aliphatic rings. The number of halogens is 1. The van der Waals surface area contributed by atoms with Crippen molar-refractivity contribution in [3.8, 4) is 0 Å². The summed E-state index contributed by atoms with van der Waals surface area (Å²) in [5.41, 5.74) is 2.47. The Bertz CT molecular complexity index is 931. The molecular weight excluding hydrogens is 484 g/mol. The van der Waals surface area contributed by atoms with E-state index >= 15 is 0 Å². The van der Waals surface area contributed by atoms with Gasteiger partial charge in [-0.25, -0.2) is 9.69 Å². The Morgan fingerprint density at radius 1 is 0.970 bits per heavy atom. The van der Waals surface area contributed by atoms with Gasteiger partial charge in [-0.2, -0.15) is 0 Å². The fourth-order valence-electron chi connectivity index (χ4n) is 4.81. The fraction of sp³-hybridized carbons (Fsp3) is 0.462. The molecule has 0 N–H and O–H groups in total. The van der Waals surface area contributed by atoms with Gasteiger partial charge in [0.2, 0.25) is 5.91 Å². The lowest BCUT2D eigenvalue weighted by Crippen LogP contribution is -2.41. The number of aryl methyl sites for hydroxylation is 1. The van der Waals surface area contributed by atoms with E-state index in [0.29, 0.717) is 25.7 Å². The van der Waals surface area contributed by atoms with Gasteiger partial charge in [0.05, 0.1) is 12.5 Å². The molecule has 0 spiro atoms. The molecule has 2 amide bonds. The summed E-state index contributed by atoms with van der Waals surface area (Å²) in [5, 5.41) is 0. The van der Waals surface area contributed by atoms with Crippen LogP contribution in [0.25, 0.3) is 0 Å². The minimum atomic E-state index is -0.505. The predicted molar refractivity (Wildman–Crippen MR) is 130 cm³/mol. The van der Waals surface area contributed by atoms with Crippen molar-refractivity contribution in [2.45, 2.75) is 31.7 Å². The second-order valence-electron chi connectivity index (χ2n) is 8.82. The van der Waals surface area contributed by atoms with Crippen LogP contribution in [0.15, 0.2) is 59.1 Å². The van der Waals surface area contributed by atoms with Crippen molar-refractivity contribution in [2.24, 2.45) is 5.92 Å². The van der Waals surface area contributed by atoms with Crippen LogP contribution in [0.3, 0.4) is 0 Å². The van der Waals surface area contributed by atoms with E-state index < -0.39 is 6.09 Å². The van der Waals surface area contributed by atoms with Gasteiger partial charge in [0.25, 0.3) is 0 Å². The van der Waals surface area contributed by atoms with E-state index in [4.69, 9.17) is 9.47 Å². The zero-order chi connectivity index (χ0) is 23.2. The van der Waals surface area contributed by atoms with Crippen LogP contribution in [-0.4, -0.2) is 67.3 Å². The Morgan fingerprint density at radius 2 is 1.67 bits per heavy atom. The quantitative estimate of drug-likeness (QED) is 0.598. The van der Waals surface area contributed by atoms with Gasteiger partial charge >= 0.3 is 6.09 Å². The molecule has 0 aromatic heterocycles. The van der Waals surface area contributed by atoms with E-state index in [9.17, 15) is 9.59 Å². The number of hydrogen-bond donors (Lipinski definition) is 0. The number of carbonyl (C=O) groups excluding carboxylic acids is 2. The molecule has 2 atom stereocenters. The molecule has 3 fully saturated rings. The molecule has 3 saturated heterocycles. The molecule has 3 heterocycles. The highest BCUT2D eigenvalue weighted by atomic mass is 79.9. The van der Waals surface area contributed by atoms with Crippen LogP contribution in [0, 0.1) is 12.8 Å². The molecule has 6 nitrogen and oxygen atoms in total. The number of imide groups is 1. The van der Waals surface area contributed by atoms with E-state index in [1.54, 1.807) is 0 Å². The molecule has 0 radical (unpaired) electrons. The third-order valence-corrected chi connectivity index (χ3v) is 7.17. The van der Waals surface area contributed by atoms with E-state index in [1.807, 2.05) is 30.3 Å². The zero-order valence-electron chi connectivity index (χ0n) is 19.0. The van der Waals surface area contributed by atoms with Gasteiger partial charge in [0.1, 0.15) is 6.61 Å². The number of hydrogen-bond acceptors (Lipinski definition) is 5. The maximum atomic E-state index is 13.1. The van der Waals surface area contributed by atoms with Gasteiger partial charge in [-0.3, -0.25) is 9.69 Å². The minimum Gasteiger partial charge on any atom is -0.447 e. The lowest BCUT2D eigenvalue weighted by atomic mass is 9.88. The average molecular weight is 515 g/mol. The summed E-state index contributed by atoms with van der Waals surface area (Å²) in [6.07, 6.45) is 1.49. The molecule has 2 aromatic rings. The summed E-state index contributed by atoms with van der Waals surface area (Å²) in [7, 11) is 0. The smallest absolute Gasteiger partial charge is 0.416 e. The largest absolute Gasteiger partial charge is 0.447 e. The minimum absolute atomic E-state index is 0.0897. The molecule has 33 heavy (non-hydrogen) atoms. The number of ether oxygens (including phenoxy) is 2. The lowest BCUT2D eigenvalue weighted by Gasteiger charge is -2.31. The highest BCUT2D eigenvalue weighted by molar-refractivity contribution is 9.10. The maximum absolute atomic E-state index is 13.1. The summed E-state index contributed by atoms with van der Waals surface area (Å²) in [4.78, 5) is 28.7. The number of amides is 2. The van der Waals surface area contributed by atoms with Gasteiger partial charge in [-0.05, 0) is 37.5 Å². The normalized spacial score (nSPS) is 23.7. The lowest BCUT2D eigenvalue weighted by molar-refractivity contribution is -0.132. The van der Waals surface area contributed by atoms with E-state index in [-0.39, 0.29) is 17.7 Å². The number of rotatable bonds is 3. The summed E-state index contributed by atoms with van der Waals surface area (Å²) >= 11 is 3.47. The summed E-state index contributed by atoms with van der Waals surface area (Å²) in [6.45, 7) is 5.82. The topological polar surface area (TPSA) is 59.1 Å². The highest BCUT2D eigenvalue weighted by Crippen LogP contribution is 2.37. The molecule has 0 saturated carbocycles. The van der Waals surface area contributed by atoms with Crippen LogP contribution in [0.2, 0.25) is 0 Å². The first kappa shape index (κ1) is 23.9.